The fraction of sp³-hybridized carbons (Fsp3) is 0.0385. The SMILES string of the molecule is NCc1ccccc1-c1ccc(-c2ccc(C(N)=O)c(C(=O)Nc3ccc(Cl)cn3)c2)cc1. The molecule has 0 saturated heterocycles. The highest BCUT2D eigenvalue weighted by Gasteiger charge is 2.17. The molecule has 0 radical (unpaired) electrons. The van der Waals surface area contributed by atoms with Gasteiger partial charge in [-0.25, -0.2) is 4.98 Å². The van der Waals surface area contributed by atoms with Crippen LogP contribution in [0, 0.1) is 0 Å². The molecule has 1 aromatic heterocycles. The predicted molar refractivity (Wildman–Crippen MR) is 131 cm³/mol. The van der Waals surface area contributed by atoms with Crippen molar-refractivity contribution in [2.24, 2.45) is 11.5 Å². The van der Waals surface area contributed by atoms with Crippen LogP contribution in [0.4, 0.5) is 5.82 Å². The van der Waals surface area contributed by atoms with Gasteiger partial charge in [-0.3, -0.25) is 9.59 Å². The Bertz CT molecular complexity index is 1320. The Hall–Kier alpha value is -4.00. The van der Waals surface area contributed by atoms with E-state index in [1.54, 1.807) is 30.3 Å². The molecule has 0 bridgehead atoms. The van der Waals surface area contributed by atoms with Crippen LogP contribution in [0.1, 0.15) is 26.3 Å². The van der Waals surface area contributed by atoms with Gasteiger partial charge in [0, 0.05) is 12.7 Å². The van der Waals surface area contributed by atoms with Crippen LogP contribution >= 0.6 is 11.6 Å². The maximum Gasteiger partial charge on any atom is 0.257 e. The first-order valence-corrected chi connectivity index (χ1v) is 10.6. The number of nitrogens with zero attached hydrogens (tertiary/aromatic N) is 1. The maximum atomic E-state index is 12.9. The average molecular weight is 457 g/mol. The summed E-state index contributed by atoms with van der Waals surface area (Å²) < 4.78 is 0. The van der Waals surface area contributed by atoms with Crippen LogP contribution in [0.25, 0.3) is 22.3 Å². The molecule has 0 atom stereocenters. The molecule has 2 amide bonds. The third-order valence-corrected chi connectivity index (χ3v) is 5.49. The number of halogens is 1. The molecule has 0 spiro atoms. The van der Waals surface area contributed by atoms with Crippen molar-refractivity contribution in [3.05, 3.63) is 107 Å². The van der Waals surface area contributed by atoms with E-state index in [0.717, 1.165) is 27.8 Å². The number of benzene rings is 3. The molecule has 0 saturated carbocycles. The number of primary amides is 1. The molecule has 4 aromatic rings. The van der Waals surface area contributed by atoms with E-state index in [0.29, 0.717) is 17.4 Å². The minimum atomic E-state index is -0.690. The topological polar surface area (TPSA) is 111 Å². The molecule has 3 aromatic carbocycles. The van der Waals surface area contributed by atoms with Crippen molar-refractivity contribution in [1.82, 2.24) is 4.98 Å². The lowest BCUT2D eigenvalue weighted by atomic mass is 9.95. The molecule has 7 heteroatoms. The first-order chi connectivity index (χ1) is 16.0. The molecule has 5 N–H and O–H groups in total. The second-order valence-corrected chi connectivity index (χ2v) is 7.82. The number of amides is 2. The number of nitrogens with two attached hydrogens (primary N) is 2. The average Bonchev–Trinajstić information content (AvgIpc) is 2.85. The number of nitrogens with one attached hydrogen (secondary N) is 1. The largest absolute Gasteiger partial charge is 0.366 e. The van der Waals surface area contributed by atoms with Gasteiger partial charge in [0.15, 0.2) is 0 Å². The van der Waals surface area contributed by atoms with Crippen molar-refractivity contribution in [1.29, 1.82) is 0 Å². The van der Waals surface area contributed by atoms with Gasteiger partial charge in [0.05, 0.1) is 16.1 Å². The summed E-state index contributed by atoms with van der Waals surface area (Å²) in [5, 5.41) is 3.12. The number of hydrogen-bond donors (Lipinski definition) is 3. The zero-order chi connectivity index (χ0) is 23.4. The Kier molecular flexibility index (Phi) is 6.49. The first-order valence-electron chi connectivity index (χ1n) is 10.2. The lowest BCUT2D eigenvalue weighted by Gasteiger charge is -2.12. The fourth-order valence-electron chi connectivity index (χ4n) is 3.58. The Morgan fingerprint density at radius 1 is 0.848 bits per heavy atom. The van der Waals surface area contributed by atoms with Gasteiger partial charge < -0.3 is 16.8 Å². The van der Waals surface area contributed by atoms with Crippen LogP contribution in [0.2, 0.25) is 5.02 Å². The number of pyridine rings is 1. The molecule has 164 valence electrons. The molecule has 0 aliphatic carbocycles. The quantitative estimate of drug-likeness (QED) is 0.384. The number of rotatable bonds is 6. The van der Waals surface area contributed by atoms with Crippen molar-refractivity contribution < 1.29 is 9.59 Å². The van der Waals surface area contributed by atoms with Crippen LogP contribution in [0.15, 0.2) is 85.1 Å². The minimum Gasteiger partial charge on any atom is -0.366 e. The summed E-state index contributed by atoms with van der Waals surface area (Å²) >= 11 is 5.85. The second kappa shape index (κ2) is 9.65. The highest BCUT2D eigenvalue weighted by Crippen LogP contribution is 2.28. The zero-order valence-corrected chi connectivity index (χ0v) is 18.3. The Morgan fingerprint density at radius 3 is 2.21 bits per heavy atom. The first kappa shape index (κ1) is 22.2. The highest BCUT2D eigenvalue weighted by atomic mass is 35.5. The van der Waals surface area contributed by atoms with Gasteiger partial charge in [0.2, 0.25) is 5.91 Å². The van der Waals surface area contributed by atoms with Crippen molar-refractivity contribution >= 4 is 29.2 Å². The van der Waals surface area contributed by atoms with Gasteiger partial charge >= 0.3 is 0 Å². The highest BCUT2D eigenvalue weighted by molar-refractivity contribution is 6.30. The van der Waals surface area contributed by atoms with E-state index in [9.17, 15) is 9.59 Å². The van der Waals surface area contributed by atoms with E-state index in [1.165, 1.54) is 6.20 Å². The third-order valence-electron chi connectivity index (χ3n) is 5.27. The smallest absolute Gasteiger partial charge is 0.257 e. The minimum absolute atomic E-state index is 0.124. The van der Waals surface area contributed by atoms with E-state index in [2.05, 4.69) is 10.3 Å². The Morgan fingerprint density at radius 2 is 1.55 bits per heavy atom. The number of carbonyl (C=O) groups is 2. The predicted octanol–water partition coefficient (Wildman–Crippen LogP) is 4.88. The monoisotopic (exact) mass is 456 g/mol. The Balaban J connectivity index is 1.66. The maximum absolute atomic E-state index is 12.9. The van der Waals surface area contributed by atoms with Crippen LogP contribution < -0.4 is 16.8 Å². The third kappa shape index (κ3) is 4.92. The van der Waals surface area contributed by atoms with Crippen LogP contribution in [-0.2, 0) is 6.54 Å². The molecular formula is C26H21ClN4O2. The fourth-order valence-corrected chi connectivity index (χ4v) is 3.69. The van der Waals surface area contributed by atoms with Gasteiger partial charge in [-0.2, -0.15) is 0 Å². The van der Waals surface area contributed by atoms with E-state index in [4.69, 9.17) is 23.1 Å². The van der Waals surface area contributed by atoms with Gasteiger partial charge in [-0.15, -0.1) is 0 Å². The lowest BCUT2D eigenvalue weighted by molar-refractivity contribution is 0.0977. The lowest BCUT2D eigenvalue weighted by Crippen LogP contribution is -2.20. The van der Waals surface area contributed by atoms with Gasteiger partial charge in [-0.05, 0) is 52.1 Å². The summed E-state index contributed by atoms with van der Waals surface area (Å²) in [6.07, 6.45) is 1.42. The summed E-state index contributed by atoms with van der Waals surface area (Å²) in [6, 6.07) is 24.1. The standard InChI is InChI=1S/C26H21ClN4O2/c27-20-10-12-24(30-15-20)31-26(33)23-13-18(9-11-22(23)25(29)32)16-5-7-17(8-6-16)21-4-2-1-3-19(21)14-28/h1-13,15H,14,28H2,(H2,29,32)(H,30,31,33). The van der Waals surface area contributed by atoms with Crippen molar-refractivity contribution in [3.63, 3.8) is 0 Å². The zero-order valence-electron chi connectivity index (χ0n) is 17.6. The van der Waals surface area contributed by atoms with Gasteiger partial charge in [0.1, 0.15) is 5.82 Å². The molecule has 6 nitrogen and oxygen atoms in total. The molecule has 0 aliphatic rings. The van der Waals surface area contributed by atoms with E-state index >= 15 is 0 Å². The van der Waals surface area contributed by atoms with Crippen LogP contribution in [0.3, 0.4) is 0 Å². The molecule has 0 aliphatic heterocycles. The summed E-state index contributed by atoms with van der Waals surface area (Å²) in [4.78, 5) is 28.9. The van der Waals surface area contributed by atoms with E-state index < -0.39 is 11.8 Å². The molecule has 4 rings (SSSR count). The number of aromatic nitrogens is 1. The molecule has 33 heavy (non-hydrogen) atoms. The van der Waals surface area contributed by atoms with Crippen molar-refractivity contribution in [2.75, 3.05) is 5.32 Å². The second-order valence-electron chi connectivity index (χ2n) is 7.38. The van der Waals surface area contributed by atoms with Crippen molar-refractivity contribution in [2.45, 2.75) is 6.54 Å². The number of carbonyl (C=O) groups excluding carboxylic acids is 2. The summed E-state index contributed by atoms with van der Waals surface area (Å²) in [5.74, 6) is -0.869. The van der Waals surface area contributed by atoms with Crippen LogP contribution in [0.5, 0.6) is 0 Å². The molecule has 0 fully saturated rings. The summed E-state index contributed by atoms with van der Waals surface area (Å²) in [6.45, 7) is 0.452. The van der Waals surface area contributed by atoms with E-state index in [-0.39, 0.29) is 11.1 Å². The normalized spacial score (nSPS) is 10.6. The number of anilines is 1. The molecule has 0 unspecified atom stereocenters. The van der Waals surface area contributed by atoms with Crippen molar-refractivity contribution in [3.8, 4) is 22.3 Å². The summed E-state index contributed by atoms with van der Waals surface area (Å²) in [5.41, 5.74) is 16.5. The van der Waals surface area contributed by atoms with E-state index in [1.807, 2.05) is 48.5 Å². The van der Waals surface area contributed by atoms with Crippen LogP contribution in [-0.4, -0.2) is 16.8 Å². The summed E-state index contributed by atoms with van der Waals surface area (Å²) in [7, 11) is 0. The number of hydrogen-bond acceptors (Lipinski definition) is 4. The van der Waals surface area contributed by atoms with Gasteiger partial charge in [0.25, 0.3) is 5.91 Å². The van der Waals surface area contributed by atoms with Gasteiger partial charge in [-0.1, -0.05) is 66.2 Å². The molecule has 1 heterocycles. The molecular weight excluding hydrogens is 436 g/mol. The Labute approximate surface area is 196 Å².